The molecule has 1 atom stereocenters. The number of hydrogen-bond acceptors (Lipinski definition) is 7. The number of hydrogen-bond donors (Lipinski definition) is 0. The minimum atomic E-state index is -0.843. The molecule has 5 rings (SSSR count). The summed E-state index contributed by atoms with van der Waals surface area (Å²) < 4.78 is 21.7. The van der Waals surface area contributed by atoms with Crippen molar-refractivity contribution in [2.75, 3.05) is 13.2 Å². The second-order valence-corrected chi connectivity index (χ2v) is 12.6. The van der Waals surface area contributed by atoms with Crippen LogP contribution in [0.25, 0.3) is 17.4 Å². The average Bonchev–Trinajstić information content (AvgIpc) is 3.53. The first-order chi connectivity index (χ1) is 19.7. The van der Waals surface area contributed by atoms with E-state index >= 15 is 0 Å². The van der Waals surface area contributed by atoms with Crippen LogP contribution in [0.3, 0.4) is 0 Å². The van der Waals surface area contributed by atoms with E-state index in [1.165, 1.54) is 15.9 Å². The van der Waals surface area contributed by atoms with Crippen molar-refractivity contribution in [1.29, 1.82) is 0 Å². The lowest BCUT2D eigenvalue weighted by Crippen LogP contribution is -2.39. The topological polar surface area (TPSA) is 83.0 Å². The van der Waals surface area contributed by atoms with E-state index in [9.17, 15) is 9.59 Å². The van der Waals surface area contributed by atoms with E-state index in [-0.39, 0.29) is 17.7 Å². The number of fused-ring (bicyclic) bond motifs is 1. The highest BCUT2D eigenvalue weighted by Gasteiger charge is 2.35. The fraction of sp³-hybridized carbons (Fsp3) is 0.167. The summed E-state index contributed by atoms with van der Waals surface area (Å²) in [4.78, 5) is 32.2. The standard InChI is InChI=1S/C30H23Br3N2O5S/c1-4-12-39-27-20(32)13-17(14-21(27)33)15-24-28(36)35-26(25(29(37)38-5-2)16(3)34-30(35)41-24)23-11-10-22(40-23)18-6-8-19(31)9-7-18/h4,6-11,13-15,26H,1,5,12H2,2-3H3/b24-15-/t26-/m1/s1. The molecule has 4 aromatic rings. The molecule has 0 saturated carbocycles. The van der Waals surface area contributed by atoms with Gasteiger partial charge in [-0.2, -0.15) is 0 Å². The van der Waals surface area contributed by atoms with E-state index in [1.54, 1.807) is 32.1 Å². The van der Waals surface area contributed by atoms with Crippen LogP contribution in [0.5, 0.6) is 5.75 Å². The first-order valence-corrected chi connectivity index (χ1v) is 15.7. The lowest BCUT2D eigenvalue weighted by molar-refractivity contribution is -0.139. The largest absolute Gasteiger partial charge is 0.487 e. The van der Waals surface area contributed by atoms with Gasteiger partial charge in [0.25, 0.3) is 5.56 Å². The van der Waals surface area contributed by atoms with Crippen LogP contribution in [0.4, 0.5) is 0 Å². The van der Waals surface area contributed by atoms with Gasteiger partial charge in [0.1, 0.15) is 29.9 Å². The zero-order valence-electron chi connectivity index (χ0n) is 21.9. The van der Waals surface area contributed by atoms with Gasteiger partial charge >= 0.3 is 5.97 Å². The van der Waals surface area contributed by atoms with E-state index in [0.717, 1.165) is 24.5 Å². The molecular formula is C30H23Br3N2O5S. The molecule has 0 N–H and O–H groups in total. The normalized spacial score (nSPS) is 15.0. The Morgan fingerprint density at radius 2 is 1.85 bits per heavy atom. The first-order valence-electron chi connectivity index (χ1n) is 12.5. The van der Waals surface area contributed by atoms with Gasteiger partial charge in [0, 0.05) is 10.0 Å². The number of nitrogens with zero attached hydrogens (tertiary/aromatic N) is 2. The molecule has 3 heterocycles. The highest BCUT2D eigenvalue weighted by molar-refractivity contribution is 9.11. The molecule has 0 spiro atoms. The molecule has 0 saturated heterocycles. The van der Waals surface area contributed by atoms with E-state index in [1.807, 2.05) is 42.5 Å². The Hall–Kier alpha value is -2.99. The van der Waals surface area contributed by atoms with Crippen molar-refractivity contribution in [2.45, 2.75) is 19.9 Å². The molecule has 0 amide bonds. The van der Waals surface area contributed by atoms with Crippen LogP contribution < -0.4 is 19.6 Å². The van der Waals surface area contributed by atoms with Crippen LogP contribution in [0.2, 0.25) is 0 Å². The number of carbonyl (C=O) groups excluding carboxylic acids is 1. The van der Waals surface area contributed by atoms with Gasteiger partial charge in [-0.1, -0.05) is 52.1 Å². The van der Waals surface area contributed by atoms with Gasteiger partial charge in [-0.15, -0.1) is 0 Å². The maximum Gasteiger partial charge on any atom is 0.338 e. The lowest BCUT2D eigenvalue weighted by atomic mass is 10.0. The summed E-state index contributed by atoms with van der Waals surface area (Å²) in [6.07, 6.45) is 3.45. The Morgan fingerprint density at radius 1 is 1.15 bits per heavy atom. The second-order valence-electron chi connectivity index (χ2n) is 8.92. The first kappa shape index (κ1) is 29.5. The molecule has 11 heteroatoms. The number of esters is 1. The number of allylic oxidation sites excluding steroid dienone is 1. The molecular weight excluding hydrogens is 740 g/mol. The molecule has 1 aliphatic heterocycles. The molecule has 210 valence electrons. The quantitative estimate of drug-likeness (QED) is 0.144. The Balaban J connectivity index is 1.65. The SMILES string of the molecule is C=CCOc1c(Br)cc(/C=c2\sc3n(c2=O)[C@H](c2ccc(-c4ccc(Br)cc4)o2)C(C(=O)OCC)=C(C)N=3)cc1Br. The van der Waals surface area contributed by atoms with Crippen LogP contribution in [0.15, 0.2) is 100 Å². The second kappa shape index (κ2) is 12.5. The third-order valence-electron chi connectivity index (χ3n) is 6.21. The summed E-state index contributed by atoms with van der Waals surface area (Å²) in [5, 5.41) is 0. The van der Waals surface area contributed by atoms with Gasteiger partial charge in [-0.25, -0.2) is 9.79 Å². The van der Waals surface area contributed by atoms with E-state index in [2.05, 4.69) is 59.4 Å². The van der Waals surface area contributed by atoms with Crippen molar-refractivity contribution < 1.29 is 18.7 Å². The zero-order chi connectivity index (χ0) is 29.3. The summed E-state index contributed by atoms with van der Waals surface area (Å²) >= 11 is 11.8. The van der Waals surface area contributed by atoms with E-state index < -0.39 is 12.0 Å². The van der Waals surface area contributed by atoms with Crippen LogP contribution in [-0.2, 0) is 9.53 Å². The number of carbonyl (C=O) groups is 1. The average molecular weight is 763 g/mol. The molecule has 41 heavy (non-hydrogen) atoms. The molecule has 0 aliphatic carbocycles. The summed E-state index contributed by atoms with van der Waals surface area (Å²) in [6, 6.07) is 14.2. The highest BCUT2D eigenvalue weighted by atomic mass is 79.9. The Bertz CT molecular complexity index is 1850. The summed E-state index contributed by atoms with van der Waals surface area (Å²) in [5.74, 6) is 1.14. The Kier molecular flexibility index (Phi) is 8.98. The predicted molar refractivity (Wildman–Crippen MR) is 170 cm³/mol. The number of rotatable bonds is 8. The zero-order valence-corrected chi connectivity index (χ0v) is 27.5. The molecule has 0 bridgehead atoms. The van der Waals surface area contributed by atoms with Crippen LogP contribution in [0, 0.1) is 0 Å². The molecule has 1 aliphatic rings. The highest BCUT2D eigenvalue weighted by Crippen LogP contribution is 2.36. The van der Waals surface area contributed by atoms with Crippen molar-refractivity contribution in [3.63, 3.8) is 0 Å². The third-order valence-corrected chi connectivity index (χ3v) is 8.90. The molecule has 2 aromatic heterocycles. The molecule has 7 nitrogen and oxygen atoms in total. The number of thiazole rings is 1. The van der Waals surface area contributed by atoms with Crippen molar-refractivity contribution in [1.82, 2.24) is 4.57 Å². The monoisotopic (exact) mass is 760 g/mol. The van der Waals surface area contributed by atoms with Crippen molar-refractivity contribution in [2.24, 2.45) is 4.99 Å². The van der Waals surface area contributed by atoms with Gasteiger partial charge in [0.2, 0.25) is 0 Å². The van der Waals surface area contributed by atoms with Gasteiger partial charge in [-0.3, -0.25) is 9.36 Å². The van der Waals surface area contributed by atoms with Crippen LogP contribution in [-0.4, -0.2) is 23.8 Å². The van der Waals surface area contributed by atoms with Gasteiger partial charge in [0.15, 0.2) is 4.80 Å². The summed E-state index contributed by atoms with van der Waals surface area (Å²) in [5.41, 5.74) is 2.07. The minimum Gasteiger partial charge on any atom is -0.487 e. The van der Waals surface area contributed by atoms with Crippen molar-refractivity contribution >= 4 is 71.2 Å². The number of benzene rings is 2. The van der Waals surface area contributed by atoms with Crippen LogP contribution in [0.1, 0.15) is 31.2 Å². The van der Waals surface area contributed by atoms with Gasteiger partial charge in [0.05, 0.1) is 31.4 Å². The fourth-order valence-electron chi connectivity index (χ4n) is 4.42. The minimum absolute atomic E-state index is 0.186. The van der Waals surface area contributed by atoms with Crippen molar-refractivity contribution in [3.8, 4) is 17.1 Å². The smallest absolute Gasteiger partial charge is 0.338 e. The van der Waals surface area contributed by atoms with Crippen LogP contribution >= 0.6 is 59.1 Å². The Labute approximate surface area is 264 Å². The maximum atomic E-state index is 13.9. The van der Waals surface area contributed by atoms with E-state index in [4.69, 9.17) is 13.9 Å². The lowest BCUT2D eigenvalue weighted by Gasteiger charge is -2.22. The molecule has 2 aromatic carbocycles. The Morgan fingerprint density at radius 3 is 2.51 bits per heavy atom. The number of furan rings is 1. The summed E-state index contributed by atoms with van der Waals surface area (Å²) in [7, 11) is 0. The molecule has 0 radical (unpaired) electrons. The number of halogens is 3. The van der Waals surface area contributed by atoms with E-state index in [0.29, 0.717) is 38.9 Å². The predicted octanol–water partition coefficient (Wildman–Crippen LogP) is 6.91. The van der Waals surface area contributed by atoms with Gasteiger partial charge < -0.3 is 13.9 Å². The number of ether oxygens (including phenoxy) is 2. The third kappa shape index (κ3) is 5.99. The number of aromatic nitrogens is 1. The fourth-order valence-corrected chi connectivity index (χ4v) is 7.19. The summed E-state index contributed by atoms with van der Waals surface area (Å²) in [6.45, 7) is 7.70. The molecule has 0 unspecified atom stereocenters. The maximum absolute atomic E-state index is 13.9. The van der Waals surface area contributed by atoms with Gasteiger partial charge in [-0.05, 0) is 93.7 Å². The molecule has 0 fully saturated rings. The van der Waals surface area contributed by atoms with Crippen molar-refractivity contribution in [3.05, 3.63) is 117 Å².